The van der Waals surface area contributed by atoms with Crippen molar-refractivity contribution in [2.75, 3.05) is 0 Å². The van der Waals surface area contributed by atoms with Crippen LogP contribution in [0.5, 0.6) is 17.2 Å². The molecule has 2 aliphatic heterocycles. The molecule has 2 aliphatic rings. The molecule has 7 nitrogen and oxygen atoms in total. The smallest absolute Gasteiger partial charge is 0.330 e. The molecule has 7 heteroatoms. The number of esters is 1. The van der Waals surface area contributed by atoms with Crippen LogP contribution in [0.25, 0.3) is 0 Å². The van der Waals surface area contributed by atoms with Gasteiger partial charge in [0.05, 0.1) is 6.42 Å². The number of phenolic OH excluding ortho intramolecular Hbond substituents is 2. The maximum Gasteiger partial charge on any atom is 0.330 e. The van der Waals surface area contributed by atoms with Gasteiger partial charge >= 0.3 is 5.97 Å². The first kappa shape index (κ1) is 22.7. The summed E-state index contributed by atoms with van der Waals surface area (Å²) in [6.45, 7) is 0. The highest BCUT2D eigenvalue weighted by molar-refractivity contribution is 6.03. The molecule has 4 atom stereocenters. The van der Waals surface area contributed by atoms with Crippen LogP contribution in [0, 0.1) is 0 Å². The molecule has 5 rings (SSSR count). The predicted molar refractivity (Wildman–Crippen MR) is 126 cm³/mol. The lowest BCUT2D eigenvalue weighted by Gasteiger charge is -2.33. The van der Waals surface area contributed by atoms with Crippen LogP contribution >= 0.6 is 0 Å². The molecule has 3 aromatic carbocycles. The average molecular weight is 472 g/mol. The fourth-order valence-electron chi connectivity index (χ4n) is 4.79. The van der Waals surface area contributed by atoms with Crippen LogP contribution in [-0.2, 0) is 9.53 Å². The summed E-state index contributed by atoms with van der Waals surface area (Å²) in [4.78, 5) is 25.0. The number of benzene rings is 3. The predicted octanol–water partition coefficient (Wildman–Crippen LogP) is 4.17. The first-order valence-corrected chi connectivity index (χ1v) is 11.4. The highest BCUT2D eigenvalue weighted by Gasteiger charge is 2.40. The van der Waals surface area contributed by atoms with Crippen LogP contribution in [0.4, 0.5) is 0 Å². The first-order valence-electron chi connectivity index (χ1n) is 11.4. The lowest BCUT2D eigenvalue weighted by molar-refractivity contribution is -0.150. The third-order valence-corrected chi connectivity index (χ3v) is 6.45. The Morgan fingerprint density at radius 2 is 1.60 bits per heavy atom. The van der Waals surface area contributed by atoms with E-state index in [9.17, 15) is 24.9 Å². The number of aliphatic hydroxyl groups is 1. The number of hydrogen-bond acceptors (Lipinski definition) is 7. The molecule has 3 N–H and O–H groups in total. The quantitative estimate of drug-likeness (QED) is 0.478. The van der Waals surface area contributed by atoms with E-state index in [1.807, 2.05) is 30.3 Å². The van der Waals surface area contributed by atoms with E-state index >= 15 is 0 Å². The van der Waals surface area contributed by atoms with Gasteiger partial charge in [-0.15, -0.1) is 0 Å². The second-order valence-corrected chi connectivity index (χ2v) is 8.67. The third kappa shape index (κ3) is 4.26. The molecule has 0 saturated carbocycles. The van der Waals surface area contributed by atoms with Gasteiger partial charge in [-0.1, -0.05) is 66.7 Å². The van der Waals surface area contributed by atoms with Gasteiger partial charge in [-0.2, -0.15) is 0 Å². The Hall–Kier alpha value is -4.10. The molecule has 0 radical (unpaired) electrons. The van der Waals surface area contributed by atoms with E-state index in [2.05, 4.69) is 0 Å². The Labute approximate surface area is 201 Å². The minimum Gasteiger partial charge on any atom is -0.507 e. The number of rotatable bonds is 5. The SMILES string of the molecule is O=C1C=CC[C@@H]([C@@H](O)[C@@H](c2ccccc2)c2c(O)cc3c(c2O)C(=O)C[C@@H](c2ccccc2)O3)O1. The standard InChI is InChI=1S/C28H24O7/c29-18-14-21(16-8-3-1-4-9-16)34-22-15-19(30)26(28(33)25(18)22)24(17-10-5-2-6-11-17)27(32)20-12-7-13-23(31)35-20/h1-11,13,15,20-21,24,27,30,32-33H,12,14H2/t20-,21-,24-,27+/m0/s1. The Morgan fingerprint density at radius 3 is 2.29 bits per heavy atom. The van der Waals surface area contributed by atoms with Crippen molar-refractivity contribution in [3.8, 4) is 17.2 Å². The molecule has 0 aliphatic carbocycles. The fourth-order valence-corrected chi connectivity index (χ4v) is 4.79. The van der Waals surface area contributed by atoms with Crippen molar-refractivity contribution in [2.45, 2.75) is 37.1 Å². The van der Waals surface area contributed by atoms with Crippen LogP contribution < -0.4 is 4.74 Å². The van der Waals surface area contributed by atoms with Crippen molar-refractivity contribution < 1.29 is 34.4 Å². The topological polar surface area (TPSA) is 113 Å². The third-order valence-electron chi connectivity index (χ3n) is 6.45. The molecule has 2 heterocycles. The lowest BCUT2D eigenvalue weighted by atomic mass is 9.80. The summed E-state index contributed by atoms with van der Waals surface area (Å²) in [6, 6.07) is 19.3. The lowest BCUT2D eigenvalue weighted by Crippen LogP contribution is -2.37. The number of phenols is 2. The van der Waals surface area contributed by atoms with Gasteiger partial charge in [0.25, 0.3) is 0 Å². The summed E-state index contributed by atoms with van der Waals surface area (Å²) in [5, 5.41) is 33.6. The number of carbonyl (C=O) groups excluding carboxylic acids is 2. The van der Waals surface area contributed by atoms with Crippen LogP contribution in [0.3, 0.4) is 0 Å². The van der Waals surface area contributed by atoms with Crippen molar-refractivity contribution in [3.63, 3.8) is 0 Å². The van der Waals surface area contributed by atoms with Gasteiger partial charge in [0.2, 0.25) is 0 Å². The van der Waals surface area contributed by atoms with E-state index in [0.29, 0.717) is 5.56 Å². The number of ether oxygens (including phenoxy) is 2. The Bertz CT molecular complexity index is 1280. The van der Waals surface area contributed by atoms with E-state index in [0.717, 1.165) is 5.56 Å². The average Bonchev–Trinajstić information content (AvgIpc) is 2.86. The van der Waals surface area contributed by atoms with Crippen molar-refractivity contribution in [1.82, 2.24) is 0 Å². The normalized spacial score (nSPS) is 20.9. The van der Waals surface area contributed by atoms with E-state index in [1.54, 1.807) is 36.4 Å². The zero-order valence-electron chi connectivity index (χ0n) is 18.7. The molecule has 0 unspecified atom stereocenters. The zero-order chi connectivity index (χ0) is 24.5. The van der Waals surface area contributed by atoms with Crippen molar-refractivity contribution in [1.29, 1.82) is 0 Å². The highest BCUT2D eigenvalue weighted by atomic mass is 16.6. The number of aromatic hydroxyl groups is 2. The van der Waals surface area contributed by atoms with Crippen molar-refractivity contribution in [3.05, 3.63) is 101 Å². The molecule has 0 aromatic heterocycles. The minimum atomic E-state index is -1.31. The van der Waals surface area contributed by atoms with E-state index in [-0.39, 0.29) is 41.3 Å². The Balaban J connectivity index is 1.59. The molecular formula is C28H24O7. The second-order valence-electron chi connectivity index (χ2n) is 8.67. The molecule has 0 fully saturated rings. The number of aliphatic hydroxyl groups excluding tert-OH is 1. The van der Waals surface area contributed by atoms with Gasteiger partial charge in [0.1, 0.15) is 41.1 Å². The minimum absolute atomic E-state index is 0.0123. The molecule has 3 aromatic rings. The van der Waals surface area contributed by atoms with Crippen molar-refractivity contribution >= 4 is 11.8 Å². The Kier molecular flexibility index (Phi) is 6.01. The summed E-state index contributed by atoms with van der Waals surface area (Å²) in [6.07, 6.45) is 0.412. The Morgan fingerprint density at radius 1 is 0.914 bits per heavy atom. The summed E-state index contributed by atoms with van der Waals surface area (Å²) in [5.74, 6) is -2.63. The van der Waals surface area contributed by atoms with E-state index in [4.69, 9.17) is 9.47 Å². The maximum absolute atomic E-state index is 13.2. The molecule has 0 spiro atoms. The molecule has 35 heavy (non-hydrogen) atoms. The largest absolute Gasteiger partial charge is 0.507 e. The molecule has 0 bridgehead atoms. The van der Waals surface area contributed by atoms with Crippen LogP contribution in [0.2, 0.25) is 0 Å². The second kappa shape index (κ2) is 9.27. The molecular weight excluding hydrogens is 448 g/mol. The molecule has 178 valence electrons. The number of cyclic esters (lactones) is 1. The van der Waals surface area contributed by atoms with Gasteiger partial charge in [0, 0.05) is 30.0 Å². The fraction of sp³-hybridized carbons (Fsp3) is 0.214. The number of carbonyl (C=O) groups is 2. The van der Waals surface area contributed by atoms with Gasteiger partial charge in [-0.25, -0.2) is 4.79 Å². The number of Topliss-reactive ketones (excluding diaryl/α,β-unsaturated/α-hetero) is 1. The summed E-state index contributed by atoms with van der Waals surface area (Å²) < 4.78 is 11.3. The van der Waals surface area contributed by atoms with Gasteiger partial charge in [-0.3, -0.25) is 4.79 Å². The number of fused-ring (bicyclic) bond motifs is 1. The van der Waals surface area contributed by atoms with Crippen molar-refractivity contribution in [2.24, 2.45) is 0 Å². The zero-order valence-corrected chi connectivity index (χ0v) is 18.7. The summed E-state index contributed by atoms with van der Waals surface area (Å²) in [7, 11) is 0. The maximum atomic E-state index is 13.2. The van der Waals surface area contributed by atoms with Crippen LogP contribution in [-0.4, -0.2) is 39.3 Å². The number of ketones is 1. The molecule has 0 saturated heterocycles. The van der Waals surface area contributed by atoms with E-state index in [1.165, 1.54) is 12.1 Å². The van der Waals surface area contributed by atoms with Crippen LogP contribution in [0.1, 0.15) is 51.9 Å². The monoisotopic (exact) mass is 472 g/mol. The van der Waals surface area contributed by atoms with Gasteiger partial charge in [-0.05, 0) is 11.1 Å². The molecule has 0 amide bonds. The summed E-state index contributed by atoms with van der Waals surface area (Å²) in [5.41, 5.74) is 1.31. The highest BCUT2D eigenvalue weighted by Crippen LogP contribution is 2.49. The summed E-state index contributed by atoms with van der Waals surface area (Å²) >= 11 is 0. The first-order chi connectivity index (χ1) is 16.9. The van der Waals surface area contributed by atoms with Gasteiger partial charge < -0.3 is 24.8 Å². The van der Waals surface area contributed by atoms with Crippen LogP contribution in [0.15, 0.2) is 78.9 Å². The number of hydrogen-bond donors (Lipinski definition) is 3. The van der Waals surface area contributed by atoms with Gasteiger partial charge in [0.15, 0.2) is 5.78 Å². The van der Waals surface area contributed by atoms with E-state index < -0.39 is 35.9 Å².